The fourth-order valence-electron chi connectivity index (χ4n) is 3.44. The van der Waals surface area contributed by atoms with Gasteiger partial charge in [0.05, 0.1) is 11.1 Å². The second-order valence-corrected chi connectivity index (χ2v) is 7.71. The van der Waals surface area contributed by atoms with E-state index in [0.717, 1.165) is 5.56 Å². The molecular formula is C25H19ClN2O3. The summed E-state index contributed by atoms with van der Waals surface area (Å²) in [6.45, 7) is 1.82. The van der Waals surface area contributed by atoms with Gasteiger partial charge in [0.1, 0.15) is 6.54 Å². The molecule has 4 aromatic rings. The van der Waals surface area contributed by atoms with Crippen molar-refractivity contribution in [3.8, 4) is 0 Å². The molecule has 0 aliphatic rings. The first-order valence-electron chi connectivity index (χ1n) is 9.71. The maximum Gasteiger partial charge on any atom is 0.244 e. The van der Waals surface area contributed by atoms with Crippen LogP contribution in [0.15, 0.2) is 83.8 Å². The molecule has 154 valence electrons. The van der Waals surface area contributed by atoms with Crippen molar-refractivity contribution < 1.29 is 9.59 Å². The summed E-state index contributed by atoms with van der Waals surface area (Å²) in [5.41, 5.74) is 2.20. The van der Waals surface area contributed by atoms with Crippen molar-refractivity contribution in [3.63, 3.8) is 0 Å². The van der Waals surface area contributed by atoms with E-state index >= 15 is 0 Å². The molecule has 0 atom stereocenters. The predicted octanol–water partition coefficient (Wildman–Crippen LogP) is 4.83. The quantitative estimate of drug-likeness (QED) is 0.461. The van der Waals surface area contributed by atoms with E-state index < -0.39 is 0 Å². The Morgan fingerprint density at radius 2 is 1.68 bits per heavy atom. The zero-order valence-corrected chi connectivity index (χ0v) is 17.5. The number of aromatic nitrogens is 1. The van der Waals surface area contributed by atoms with Gasteiger partial charge in [0.25, 0.3) is 0 Å². The highest BCUT2D eigenvalue weighted by atomic mass is 35.5. The average Bonchev–Trinajstić information content (AvgIpc) is 2.77. The van der Waals surface area contributed by atoms with E-state index in [9.17, 15) is 14.4 Å². The third kappa shape index (κ3) is 4.42. The minimum atomic E-state index is -0.374. The Balaban J connectivity index is 1.76. The molecule has 31 heavy (non-hydrogen) atoms. The van der Waals surface area contributed by atoms with Crippen molar-refractivity contribution in [3.05, 3.63) is 111 Å². The smallest absolute Gasteiger partial charge is 0.244 e. The molecule has 3 aromatic carbocycles. The Morgan fingerprint density at radius 3 is 2.39 bits per heavy atom. The van der Waals surface area contributed by atoms with Crippen LogP contribution in [0.2, 0.25) is 5.02 Å². The van der Waals surface area contributed by atoms with Crippen LogP contribution in [0.1, 0.15) is 21.5 Å². The number of ketones is 1. The lowest BCUT2D eigenvalue weighted by Gasteiger charge is -2.14. The van der Waals surface area contributed by atoms with Gasteiger partial charge >= 0.3 is 0 Å². The second-order valence-electron chi connectivity index (χ2n) is 7.27. The Labute approximate surface area is 183 Å². The van der Waals surface area contributed by atoms with Gasteiger partial charge in [0.2, 0.25) is 11.3 Å². The van der Waals surface area contributed by atoms with Gasteiger partial charge in [0, 0.05) is 27.9 Å². The van der Waals surface area contributed by atoms with Gasteiger partial charge in [-0.1, -0.05) is 53.6 Å². The molecule has 0 saturated heterocycles. The standard InChI is InChI=1S/C25H19ClN2O3/c1-16-7-12-22-20(13-16)25(31)21(24(30)17-5-3-2-4-6-17)14-28(22)15-23(29)27-19-10-8-18(26)9-11-19/h2-14H,15H2,1H3,(H,27,29). The molecule has 1 aromatic heterocycles. The van der Waals surface area contributed by atoms with Crippen LogP contribution >= 0.6 is 11.6 Å². The summed E-state index contributed by atoms with van der Waals surface area (Å²) in [6.07, 6.45) is 1.47. The second kappa shape index (κ2) is 8.58. The lowest BCUT2D eigenvalue weighted by atomic mass is 10.0. The van der Waals surface area contributed by atoms with Crippen LogP contribution in [0.5, 0.6) is 0 Å². The maximum atomic E-state index is 13.1. The minimum absolute atomic E-state index is 0.0311. The predicted molar refractivity (Wildman–Crippen MR) is 123 cm³/mol. The first-order valence-corrected chi connectivity index (χ1v) is 10.1. The number of fused-ring (bicyclic) bond motifs is 1. The molecule has 0 saturated carbocycles. The number of rotatable bonds is 5. The first-order chi connectivity index (χ1) is 14.9. The number of hydrogen-bond acceptors (Lipinski definition) is 3. The van der Waals surface area contributed by atoms with Crippen molar-refractivity contribution in [1.29, 1.82) is 0 Å². The normalized spacial score (nSPS) is 10.8. The highest BCUT2D eigenvalue weighted by molar-refractivity contribution is 6.30. The molecule has 0 bridgehead atoms. The molecule has 0 radical (unpaired) electrons. The van der Waals surface area contributed by atoms with E-state index in [1.807, 2.05) is 13.0 Å². The summed E-state index contributed by atoms with van der Waals surface area (Å²) in [6, 6.07) is 20.8. The topological polar surface area (TPSA) is 68.2 Å². The number of pyridine rings is 1. The van der Waals surface area contributed by atoms with Gasteiger partial charge in [-0.2, -0.15) is 0 Å². The van der Waals surface area contributed by atoms with E-state index in [0.29, 0.717) is 27.2 Å². The lowest BCUT2D eigenvalue weighted by Crippen LogP contribution is -2.24. The van der Waals surface area contributed by atoms with Crippen LogP contribution in [-0.4, -0.2) is 16.3 Å². The molecule has 1 N–H and O–H groups in total. The summed E-state index contributed by atoms with van der Waals surface area (Å²) in [5, 5.41) is 3.78. The fourth-order valence-corrected chi connectivity index (χ4v) is 3.56. The minimum Gasteiger partial charge on any atom is -0.337 e. The van der Waals surface area contributed by atoms with E-state index in [1.165, 1.54) is 6.20 Å². The Bertz CT molecular complexity index is 1340. The number of hydrogen-bond donors (Lipinski definition) is 1. The monoisotopic (exact) mass is 430 g/mol. The van der Waals surface area contributed by atoms with E-state index in [4.69, 9.17) is 11.6 Å². The number of amides is 1. The van der Waals surface area contributed by atoms with Gasteiger partial charge in [-0.3, -0.25) is 14.4 Å². The molecule has 0 spiro atoms. The molecule has 1 heterocycles. The van der Waals surface area contributed by atoms with Gasteiger partial charge < -0.3 is 9.88 Å². The number of carbonyl (C=O) groups excluding carboxylic acids is 2. The Kier molecular flexibility index (Phi) is 5.69. The number of halogens is 1. The van der Waals surface area contributed by atoms with Crippen molar-refractivity contribution in [2.45, 2.75) is 13.5 Å². The Hall–Kier alpha value is -3.70. The van der Waals surface area contributed by atoms with Gasteiger partial charge in [-0.05, 0) is 43.3 Å². The number of nitrogens with zero attached hydrogens (tertiary/aromatic N) is 1. The molecule has 1 amide bonds. The van der Waals surface area contributed by atoms with Crippen molar-refractivity contribution in [2.75, 3.05) is 5.32 Å². The largest absolute Gasteiger partial charge is 0.337 e. The van der Waals surface area contributed by atoms with Gasteiger partial charge in [-0.15, -0.1) is 0 Å². The zero-order chi connectivity index (χ0) is 22.0. The van der Waals surface area contributed by atoms with E-state index in [-0.39, 0.29) is 29.2 Å². The zero-order valence-electron chi connectivity index (χ0n) is 16.8. The van der Waals surface area contributed by atoms with Crippen LogP contribution in [0, 0.1) is 6.92 Å². The van der Waals surface area contributed by atoms with Crippen LogP contribution in [-0.2, 0) is 11.3 Å². The molecule has 0 aliphatic heterocycles. The number of nitrogens with one attached hydrogen (secondary N) is 1. The molecular weight excluding hydrogens is 412 g/mol. The molecule has 6 heteroatoms. The third-order valence-corrected chi connectivity index (χ3v) is 5.21. The highest BCUT2D eigenvalue weighted by Gasteiger charge is 2.18. The summed E-state index contributed by atoms with van der Waals surface area (Å²) in [5.74, 6) is -0.660. The first kappa shape index (κ1) is 20.6. The molecule has 0 unspecified atom stereocenters. The molecule has 4 rings (SSSR count). The number of aryl methyl sites for hydroxylation is 1. The maximum absolute atomic E-state index is 13.1. The van der Waals surface area contributed by atoms with E-state index in [2.05, 4.69) is 5.32 Å². The van der Waals surface area contributed by atoms with Crippen molar-refractivity contribution in [1.82, 2.24) is 4.57 Å². The summed E-state index contributed by atoms with van der Waals surface area (Å²) in [4.78, 5) is 38.8. The van der Waals surface area contributed by atoms with Crippen LogP contribution < -0.4 is 10.7 Å². The SMILES string of the molecule is Cc1ccc2c(c1)c(=O)c(C(=O)c1ccccc1)cn2CC(=O)Nc1ccc(Cl)cc1. The Morgan fingerprint density at radius 1 is 0.968 bits per heavy atom. The molecule has 0 fully saturated rings. The van der Waals surface area contributed by atoms with Crippen LogP contribution in [0.4, 0.5) is 5.69 Å². The van der Waals surface area contributed by atoms with Crippen molar-refractivity contribution >= 4 is 39.9 Å². The third-order valence-electron chi connectivity index (χ3n) is 4.96. The molecule has 0 aliphatic carbocycles. The summed E-state index contributed by atoms with van der Waals surface area (Å²) in [7, 11) is 0. The number of benzene rings is 3. The average molecular weight is 431 g/mol. The molecule has 5 nitrogen and oxygen atoms in total. The van der Waals surface area contributed by atoms with Crippen LogP contribution in [0.3, 0.4) is 0 Å². The fraction of sp³-hybridized carbons (Fsp3) is 0.0800. The van der Waals surface area contributed by atoms with Gasteiger partial charge in [-0.25, -0.2) is 0 Å². The summed E-state index contributed by atoms with van der Waals surface area (Å²) < 4.78 is 1.64. The van der Waals surface area contributed by atoms with Crippen LogP contribution in [0.25, 0.3) is 10.9 Å². The van der Waals surface area contributed by atoms with Crippen molar-refractivity contribution in [2.24, 2.45) is 0 Å². The summed E-state index contributed by atoms with van der Waals surface area (Å²) >= 11 is 5.89. The van der Waals surface area contributed by atoms with E-state index in [1.54, 1.807) is 71.3 Å². The highest BCUT2D eigenvalue weighted by Crippen LogP contribution is 2.17. The number of carbonyl (C=O) groups is 2. The van der Waals surface area contributed by atoms with Gasteiger partial charge in [0.15, 0.2) is 5.78 Å². The number of anilines is 1. The lowest BCUT2D eigenvalue weighted by molar-refractivity contribution is -0.116.